The minimum absolute atomic E-state index is 1.16. The second kappa shape index (κ2) is 4.64. The second-order valence-corrected chi connectivity index (χ2v) is 5.42. The van der Waals surface area contributed by atoms with Crippen LogP contribution in [-0.2, 0) is 6.42 Å². The van der Waals surface area contributed by atoms with Crippen molar-refractivity contribution in [3.05, 3.63) is 77.9 Å². The highest BCUT2D eigenvalue weighted by molar-refractivity contribution is 5.87. The van der Waals surface area contributed by atoms with Crippen LogP contribution in [0.5, 0.6) is 0 Å². The fourth-order valence-electron chi connectivity index (χ4n) is 2.98. The highest BCUT2D eigenvalue weighted by Gasteiger charge is 2.06. The van der Waals surface area contributed by atoms with E-state index in [1.165, 1.54) is 33.0 Å². The molecule has 0 N–H and O–H groups in total. The SMILES string of the molecule is C1=Cc2ccc(-c3ccc4ccccc4c3)cc2CC1. The van der Waals surface area contributed by atoms with Gasteiger partial charge in [-0.25, -0.2) is 0 Å². The van der Waals surface area contributed by atoms with Gasteiger partial charge in [-0.15, -0.1) is 0 Å². The molecule has 0 atom stereocenters. The smallest absolute Gasteiger partial charge is 0.0178 e. The van der Waals surface area contributed by atoms with Gasteiger partial charge in [0.2, 0.25) is 0 Å². The summed E-state index contributed by atoms with van der Waals surface area (Å²) < 4.78 is 0. The standard InChI is InChI=1S/C20H16/c1-3-7-17-13-19(11-9-15(17)5-1)20-12-10-16-6-2-4-8-18(16)14-20/h1-3,5-7,9-14H,4,8H2. The molecule has 3 aromatic carbocycles. The van der Waals surface area contributed by atoms with E-state index in [0.29, 0.717) is 0 Å². The molecule has 0 radical (unpaired) electrons. The van der Waals surface area contributed by atoms with E-state index in [2.05, 4.69) is 72.8 Å². The van der Waals surface area contributed by atoms with Crippen LogP contribution in [-0.4, -0.2) is 0 Å². The van der Waals surface area contributed by atoms with Crippen LogP contribution in [0.15, 0.2) is 66.7 Å². The Hall–Kier alpha value is -2.34. The lowest BCUT2D eigenvalue weighted by Gasteiger charge is -2.12. The first-order chi connectivity index (χ1) is 9.90. The Bertz CT molecular complexity index is 809. The first-order valence-corrected chi connectivity index (χ1v) is 7.19. The van der Waals surface area contributed by atoms with E-state index in [9.17, 15) is 0 Å². The van der Waals surface area contributed by atoms with Gasteiger partial charge in [-0.1, -0.05) is 66.7 Å². The van der Waals surface area contributed by atoms with Crippen molar-refractivity contribution in [1.29, 1.82) is 0 Å². The maximum absolute atomic E-state index is 2.35. The van der Waals surface area contributed by atoms with Crippen LogP contribution in [0.4, 0.5) is 0 Å². The molecule has 0 aliphatic heterocycles. The van der Waals surface area contributed by atoms with Gasteiger partial charge in [0.25, 0.3) is 0 Å². The molecule has 0 fully saturated rings. The summed E-state index contributed by atoms with van der Waals surface area (Å²) in [7, 11) is 0. The lowest BCUT2D eigenvalue weighted by molar-refractivity contribution is 0.986. The van der Waals surface area contributed by atoms with E-state index >= 15 is 0 Å². The van der Waals surface area contributed by atoms with Crippen LogP contribution in [0, 0.1) is 0 Å². The predicted molar refractivity (Wildman–Crippen MR) is 86.7 cm³/mol. The average molecular weight is 256 g/mol. The Balaban J connectivity index is 1.84. The quantitative estimate of drug-likeness (QED) is 0.542. The normalized spacial score (nSPS) is 13.4. The lowest BCUT2D eigenvalue weighted by Crippen LogP contribution is -1.94. The molecule has 96 valence electrons. The minimum Gasteiger partial charge on any atom is -0.0836 e. The maximum atomic E-state index is 2.35. The van der Waals surface area contributed by atoms with Gasteiger partial charge >= 0.3 is 0 Å². The molecule has 0 heteroatoms. The summed E-state index contributed by atoms with van der Waals surface area (Å²) >= 11 is 0. The van der Waals surface area contributed by atoms with Crippen LogP contribution < -0.4 is 0 Å². The average Bonchev–Trinajstić information content (AvgIpc) is 2.54. The molecule has 0 bridgehead atoms. The number of rotatable bonds is 1. The van der Waals surface area contributed by atoms with E-state index in [4.69, 9.17) is 0 Å². The molecule has 3 aromatic rings. The van der Waals surface area contributed by atoms with Gasteiger partial charge in [0.15, 0.2) is 0 Å². The van der Waals surface area contributed by atoms with Crippen molar-refractivity contribution in [1.82, 2.24) is 0 Å². The lowest BCUT2D eigenvalue weighted by atomic mass is 9.92. The maximum Gasteiger partial charge on any atom is -0.0178 e. The number of hydrogen-bond donors (Lipinski definition) is 0. The zero-order valence-corrected chi connectivity index (χ0v) is 11.3. The monoisotopic (exact) mass is 256 g/mol. The van der Waals surface area contributed by atoms with Gasteiger partial charge in [-0.05, 0) is 51.9 Å². The van der Waals surface area contributed by atoms with E-state index in [-0.39, 0.29) is 0 Å². The van der Waals surface area contributed by atoms with Crippen molar-refractivity contribution in [3.63, 3.8) is 0 Å². The van der Waals surface area contributed by atoms with Crippen LogP contribution in [0.2, 0.25) is 0 Å². The number of allylic oxidation sites excluding steroid dienone is 1. The van der Waals surface area contributed by atoms with Crippen LogP contribution in [0.3, 0.4) is 0 Å². The molecule has 0 aromatic heterocycles. The molecule has 0 saturated heterocycles. The molecule has 0 unspecified atom stereocenters. The summed E-state index contributed by atoms with van der Waals surface area (Å²) in [5, 5.41) is 2.61. The number of aryl methyl sites for hydroxylation is 1. The van der Waals surface area contributed by atoms with E-state index in [0.717, 1.165) is 12.8 Å². The summed E-state index contributed by atoms with van der Waals surface area (Å²) in [5.41, 5.74) is 5.48. The fraction of sp³-hybridized carbons (Fsp3) is 0.100. The van der Waals surface area contributed by atoms with Gasteiger partial charge in [-0.3, -0.25) is 0 Å². The molecular formula is C20H16. The molecule has 1 aliphatic carbocycles. The summed E-state index contributed by atoms with van der Waals surface area (Å²) in [6.07, 6.45) is 6.82. The van der Waals surface area contributed by atoms with Gasteiger partial charge in [0.05, 0.1) is 0 Å². The minimum atomic E-state index is 1.16. The second-order valence-electron chi connectivity index (χ2n) is 5.42. The Labute approximate surface area is 119 Å². The van der Waals surface area contributed by atoms with Crippen molar-refractivity contribution >= 4 is 16.8 Å². The molecule has 0 saturated carbocycles. The summed E-state index contributed by atoms with van der Waals surface area (Å²) in [6.45, 7) is 0. The summed E-state index contributed by atoms with van der Waals surface area (Å²) in [6, 6.07) is 22.1. The van der Waals surface area contributed by atoms with Gasteiger partial charge in [0.1, 0.15) is 0 Å². The number of fused-ring (bicyclic) bond motifs is 2. The molecule has 4 rings (SSSR count). The van der Waals surface area contributed by atoms with E-state index < -0.39 is 0 Å². The zero-order valence-electron chi connectivity index (χ0n) is 11.3. The molecule has 0 spiro atoms. The number of hydrogen-bond acceptors (Lipinski definition) is 0. The van der Waals surface area contributed by atoms with Crippen molar-refractivity contribution in [2.75, 3.05) is 0 Å². The Morgan fingerprint density at radius 2 is 1.50 bits per heavy atom. The predicted octanol–water partition coefficient (Wildman–Crippen LogP) is 5.47. The summed E-state index contributed by atoms with van der Waals surface area (Å²) in [5.74, 6) is 0. The third-order valence-electron chi connectivity index (χ3n) is 4.10. The molecular weight excluding hydrogens is 240 g/mol. The van der Waals surface area contributed by atoms with Gasteiger partial charge in [0, 0.05) is 0 Å². The van der Waals surface area contributed by atoms with Crippen LogP contribution in [0.25, 0.3) is 28.0 Å². The highest BCUT2D eigenvalue weighted by atomic mass is 14.1. The Kier molecular flexibility index (Phi) is 2.67. The van der Waals surface area contributed by atoms with Crippen LogP contribution >= 0.6 is 0 Å². The van der Waals surface area contributed by atoms with E-state index in [1.807, 2.05) is 0 Å². The van der Waals surface area contributed by atoms with Crippen LogP contribution in [0.1, 0.15) is 17.5 Å². The zero-order chi connectivity index (χ0) is 13.4. The molecule has 0 heterocycles. The first kappa shape index (κ1) is 11.5. The fourth-order valence-corrected chi connectivity index (χ4v) is 2.98. The van der Waals surface area contributed by atoms with E-state index in [1.54, 1.807) is 0 Å². The molecule has 0 nitrogen and oxygen atoms in total. The van der Waals surface area contributed by atoms with Gasteiger partial charge < -0.3 is 0 Å². The Morgan fingerprint density at radius 3 is 2.45 bits per heavy atom. The summed E-state index contributed by atoms with van der Waals surface area (Å²) in [4.78, 5) is 0. The van der Waals surface area contributed by atoms with Crippen molar-refractivity contribution in [2.45, 2.75) is 12.8 Å². The molecule has 1 aliphatic rings. The van der Waals surface area contributed by atoms with Crippen molar-refractivity contribution in [3.8, 4) is 11.1 Å². The topological polar surface area (TPSA) is 0 Å². The molecule has 20 heavy (non-hydrogen) atoms. The molecule has 0 amide bonds. The Morgan fingerprint density at radius 1 is 0.700 bits per heavy atom. The van der Waals surface area contributed by atoms with Crippen molar-refractivity contribution < 1.29 is 0 Å². The highest BCUT2D eigenvalue weighted by Crippen LogP contribution is 2.28. The van der Waals surface area contributed by atoms with Gasteiger partial charge in [-0.2, -0.15) is 0 Å². The third-order valence-corrected chi connectivity index (χ3v) is 4.10. The van der Waals surface area contributed by atoms with Crippen molar-refractivity contribution in [2.24, 2.45) is 0 Å². The number of benzene rings is 3. The first-order valence-electron chi connectivity index (χ1n) is 7.19. The third kappa shape index (κ3) is 1.94. The largest absolute Gasteiger partial charge is 0.0836 e.